The maximum Gasteiger partial charge on any atom is 0.257 e. The third-order valence-electron chi connectivity index (χ3n) is 2.93. The normalized spacial score (nSPS) is 11.0. The van der Waals surface area contributed by atoms with Crippen molar-refractivity contribution in [1.29, 1.82) is 0 Å². The van der Waals surface area contributed by atoms with Crippen LogP contribution >= 0.6 is 0 Å². The second kappa shape index (κ2) is 6.74. The van der Waals surface area contributed by atoms with Gasteiger partial charge in [0, 0.05) is 24.0 Å². The third-order valence-corrected chi connectivity index (χ3v) is 2.93. The van der Waals surface area contributed by atoms with Gasteiger partial charge in [0.25, 0.3) is 11.8 Å². The van der Waals surface area contributed by atoms with Gasteiger partial charge in [-0.05, 0) is 39.0 Å². The summed E-state index contributed by atoms with van der Waals surface area (Å²) in [7, 11) is 0. The summed E-state index contributed by atoms with van der Waals surface area (Å²) in [6, 6.07) is 4.17. The van der Waals surface area contributed by atoms with Gasteiger partial charge in [-0.15, -0.1) is 0 Å². The van der Waals surface area contributed by atoms with E-state index in [1.165, 1.54) is 18.5 Å². The summed E-state index contributed by atoms with van der Waals surface area (Å²) in [5.41, 5.74) is -0.310. The molecule has 0 atom stereocenters. The van der Waals surface area contributed by atoms with Crippen molar-refractivity contribution in [3.05, 3.63) is 59.4 Å². The Hall–Kier alpha value is -2.83. The first-order valence-corrected chi connectivity index (χ1v) is 7.20. The van der Waals surface area contributed by atoms with Gasteiger partial charge in [-0.2, -0.15) is 0 Å². The Morgan fingerprint density at radius 1 is 1.00 bits per heavy atom. The Balaban J connectivity index is 2.18. The molecule has 1 aromatic carbocycles. The van der Waals surface area contributed by atoms with Crippen molar-refractivity contribution < 1.29 is 18.4 Å². The molecule has 126 valence electrons. The molecule has 0 saturated carbocycles. The number of pyridine rings is 1. The van der Waals surface area contributed by atoms with Crippen LogP contribution in [-0.4, -0.2) is 22.3 Å². The minimum Gasteiger partial charge on any atom is -0.347 e. The van der Waals surface area contributed by atoms with Crippen molar-refractivity contribution in [2.75, 3.05) is 5.32 Å². The van der Waals surface area contributed by atoms with Crippen LogP contribution in [-0.2, 0) is 0 Å². The highest BCUT2D eigenvalue weighted by Crippen LogP contribution is 2.16. The minimum absolute atomic E-state index is 0.0836. The molecule has 2 rings (SSSR count). The highest BCUT2D eigenvalue weighted by Gasteiger charge is 2.17. The number of nitrogens with zero attached hydrogens (tertiary/aromatic N) is 1. The summed E-state index contributed by atoms with van der Waals surface area (Å²) in [5.74, 6) is -2.66. The van der Waals surface area contributed by atoms with E-state index in [9.17, 15) is 18.4 Å². The van der Waals surface area contributed by atoms with Crippen molar-refractivity contribution in [2.24, 2.45) is 0 Å². The lowest BCUT2D eigenvalue weighted by Gasteiger charge is -2.20. The Bertz CT molecular complexity index is 786. The molecule has 0 bridgehead atoms. The molecule has 5 nitrogen and oxygen atoms in total. The Kier molecular flexibility index (Phi) is 4.92. The van der Waals surface area contributed by atoms with Gasteiger partial charge >= 0.3 is 0 Å². The Morgan fingerprint density at radius 3 is 2.21 bits per heavy atom. The zero-order valence-electron chi connectivity index (χ0n) is 13.5. The number of aromatic nitrogens is 1. The van der Waals surface area contributed by atoms with Gasteiger partial charge in [0.15, 0.2) is 0 Å². The topological polar surface area (TPSA) is 71.1 Å². The van der Waals surface area contributed by atoms with Crippen LogP contribution in [0.4, 0.5) is 14.5 Å². The first-order valence-electron chi connectivity index (χ1n) is 7.20. The van der Waals surface area contributed by atoms with E-state index in [-0.39, 0.29) is 22.7 Å². The highest BCUT2D eigenvalue weighted by atomic mass is 19.1. The number of nitrogens with one attached hydrogen (secondary N) is 2. The number of carbonyl (C=O) groups excluding carboxylic acids is 2. The standard InChI is InChI=1S/C17H17F2N3O2/c1-17(2,3)22-16(24)11-6-10(8-20-9-11)15(23)21-14-5-4-12(18)7-13(14)19/h4-9H,1-3H3,(H,21,23)(H,22,24). The van der Waals surface area contributed by atoms with Crippen LogP contribution in [0.1, 0.15) is 41.5 Å². The van der Waals surface area contributed by atoms with Crippen molar-refractivity contribution in [3.8, 4) is 0 Å². The van der Waals surface area contributed by atoms with Gasteiger partial charge in [0.1, 0.15) is 11.6 Å². The van der Waals surface area contributed by atoms with E-state index in [0.29, 0.717) is 6.07 Å². The van der Waals surface area contributed by atoms with Crippen LogP contribution in [0.3, 0.4) is 0 Å². The molecule has 0 radical (unpaired) electrons. The van der Waals surface area contributed by atoms with Crippen LogP contribution in [0.15, 0.2) is 36.7 Å². The van der Waals surface area contributed by atoms with E-state index < -0.39 is 23.1 Å². The zero-order chi connectivity index (χ0) is 17.9. The quantitative estimate of drug-likeness (QED) is 0.906. The molecule has 1 heterocycles. The van der Waals surface area contributed by atoms with E-state index in [0.717, 1.165) is 12.1 Å². The molecule has 2 aromatic rings. The molecular formula is C17H17F2N3O2. The van der Waals surface area contributed by atoms with Gasteiger partial charge in [0.05, 0.1) is 16.8 Å². The number of rotatable bonds is 3. The summed E-state index contributed by atoms with van der Waals surface area (Å²) in [6.45, 7) is 5.48. The molecule has 1 aromatic heterocycles. The molecule has 0 aliphatic heterocycles. The summed E-state index contributed by atoms with van der Waals surface area (Å²) < 4.78 is 26.5. The van der Waals surface area contributed by atoms with Crippen LogP contribution < -0.4 is 10.6 Å². The molecular weight excluding hydrogens is 316 g/mol. The monoisotopic (exact) mass is 333 g/mol. The van der Waals surface area contributed by atoms with Crippen LogP contribution in [0.25, 0.3) is 0 Å². The number of amides is 2. The van der Waals surface area contributed by atoms with Crippen LogP contribution in [0, 0.1) is 11.6 Å². The maximum absolute atomic E-state index is 13.6. The van der Waals surface area contributed by atoms with Crippen LogP contribution in [0.5, 0.6) is 0 Å². The molecule has 0 aliphatic carbocycles. The summed E-state index contributed by atoms with van der Waals surface area (Å²) in [5, 5.41) is 5.07. The number of hydrogen-bond donors (Lipinski definition) is 2. The second-order valence-corrected chi connectivity index (χ2v) is 6.24. The lowest BCUT2D eigenvalue weighted by Crippen LogP contribution is -2.40. The highest BCUT2D eigenvalue weighted by molar-refractivity contribution is 6.05. The number of carbonyl (C=O) groups is 2. The van der Waals surface area contributed by atoms with Crippen LogP contribution in [0.2, 0.25) is 0 Å². The zero-order valence-corrected chi connectivity index (χ0v) is 13.5. The van der Waals surface area contributed by atoms with Gasteiger partial charge in [-0.1, -0.05) is 0 Å². The van der Waals surface area contributed by atoms with Gasteiger partial charge in [-0.25, -0.2) is 8.78 Å². The number of hydrogen-bond acceptors (Lipinski definition) is 3. The lowest BCUT2D eigenvalue weighted by atomic mass is 10.1. The maximum atomic E-state index is 13.6. The smallest absolute Gasteiger partial charge is 0.257 e. The SMILES string of the molecule is CC(C)(C)NC(=O)c1cncc(C(=O)Nc2ccc(F)cc2F)c1. The van der Waals surface area contributed by atoms with Crippen molar-refractivity contribution in [3.63, 3.8) is 0 Å². The van der Waals surface area contributed by atoms with E-state index in [4.69, 9.17) is 0 Å². The fourth-order valence-corrected chi connectivity index (χ4v) is 1.89. The molecule has 0 fully saturated rings. The lowest BCUT2D eigenvalue weighted by molar-refractivity contribution is 0.0919. The van der Waals surface area contributed by atoms with Gasteiger partial charge in [0.2, 0.25) is 0 Å². The molecule has 0 unspecified atom stereocenters. The summed E-state index contributed by atoms with van der Waals surface area (Å²) in [4.78, 5) is 28.1. The van der Waals surface area contributed by atoms with Crippen molar-refractivity contribution in [2.45, 2.75) is 26.3 Å². The number of benzene rings is 1. The Morgan fingerprint density at radius 2 is 1.62 bits per heavy atom. The largest absolute Gasteiger partial charge is 0.347 e. The first-order chi connectivity index (χ1) is 11.2. The van der Waals surface area contributed by atoms with Crippen molar-refractivity contribution in [1.82, 2.24) is 10.3 Å². The first kappa shape index (κ1) is 17.5. The predicted molar refractivity (Wildman–Crippen MR) is 85.8 cm³/mol. The molecule has 24 heavy (non-hydrogen) atoms. The van der Waals surface area contributed by atoms with Gasteiger partial charge < -0.3 is 10.6 Å². The van der Waals surface area contributed by atoms with Gasteiger partial charge in [-0.3, -0.25) is 14.6 Å². The van der Waals surface area contributed by atoms with E-state index in [1.807, 2.05) is 20.8 Å². The molecule has 2 amide bonds. The fraction of sp³-hybridized carbons (Fsp3) is 0.235. The van der Waals surface area contributed by atoms with E-state index >= 15 is 0 Å². The van der Waals surface area contributed by atoms with E-state index in [1.54, 1.807) is 0 Å². The molecule has 0 spiro atoms. The average molecular weight is 333 g/mol. The molecule has 7 heteroatoms. The molecule has 0 saturated heterocycles. The summed E-state index contributed by atoms with van der Waals surface area (Å²) in [6.07, 6.45) is 2.58. The summed E-state index contributed by atoms with van der Waals surface area (Å²) >= 11 is 0. The Labute approximate surface area is 138 Å². The third kappa shape index (κ3) is 4.58. The molecule has 0 aliphatic rings. The fourth-order valence-electron chi connectivity index (χ4n) is 1.89. The van der Waals surface area contributed by atoms with E-state index in [2.05, 4.69) is 15.6 Å². The second-order valence-electron chi connectivity index (χ2n) is 6.24. The van der Waals surface area contributed by atoms with Crippen molar-refractivity contribution >= 4 is 17.5 Å². The molecule has 2 N–H and O–H groups in total. The average Bonchev–Trinajstić information content (AvgIpc) is 2.48. The predicted octanol–water partition coefficient (Wildman–Crippen LogP) is 3.14. The number of anilines is 1. The minimum atomic E-state index is -0.891. The number of halogens is 2.